The molecule has 5 heteroatoms. The van der Waals surface area contributed by atoms with Gasteiger partial charge in [-0.2, -0.15) is 0 Å². The molecule has 1 aliphatic carbocycles. The molecule has 3 aromatic rings. The molecule has 4 rings (SSSR count). The molecule has 0 unspecified atom stereocenters. The van der Waals surface area contributed by atoms with Crippen LogP contribution in [-0.4, -0.2) is 10.9 Å². The van der Waals surface area contributed by atoms with Crippen LogP contribution < -0.4 is 5.32 Å². The van der Waals surface area contributed by atoms with Crippen molar-refractivity contribution in [3.05, 3.63) is 78.1 Å². The van der Waals surface area contributed by atoms with Gasteiger partial charge in [0.2, 0.25) is 5.91 Å². The second-order valence-corrected chi connectivity index (χ2v) is 6.95. The summed E-state index contributed by atoms with van der Waals surface area (Å²) in [5.74, 6) is 0.436. The van der Waals surface area contributed by atoms with Crippen molar-refractivity contribution in [2.45, 2.75) is 37.6 Å². The molecule has 1 N–H and O–H groups in total. The van der Waals surface area contributed by atoms with Gasteiger partial charge in [-0.15, -0.1) is 0 Å². The number of aryl methyl sites for hydroxylation is 1. The third-order valence-corrected chi connectivity index (χ3v) is 5.17. The molecule has 1 amide bonds. The Labute approximate surface area is 157 Å². The molecule has 1 aromatic heterocycles. The SMILES string of the molecule is O=C(CCc1ncc(-c2ccccc2F)o1)NC1(c2ccccc2)CCC1. The fourth-order valence-corrected chi connectivity index (χ4v) is 3.53. The van der Waals surface area contributed by atoms with Gasteiger partial charge in [-0.25, -0.2) is 9.37 Å². The second-order valence-electron chi connectivity index (χ2n) is 6.95. The average Bonchev–Trinajstić information content (AvgIpc) is 3.13. The van der Waals surface area contributed by atoms with E-state index in [4.69, 9.17) is 4.42 Å². The van der Waals surface area contributed by atoms with E-state index in [-0.39, 0.29) is 23.7 Å². The van der Waals surface area contributed by atoms with Gasteiger partial charge in [0.25, 0.3) is 0 Å². The molecule has 27 heavy (non-hydrogen) atoms. The first kappa shape index (κ1) is 17.5. The minimum absolute atomic E-state index is 0.0239. The highest BCUT2D eigenvalue weighted by Crippen LogP contribution is 2.41. The zero-order chi connectivity index (χ0) is 18.7. The minimum Gasteiger partial charge on any atom is -0.441 e. The topological polar surface area (TPSA) is 55.1 Å². The lowest BCUT2D eigenvalue weighted by Crippen LogP contribution is -2.50. The van der Waals surface area contributed by atoms with Crippen LogP contribution in [0.15, 0.2) is 65.2 Å². The molecule has 0 atom stereocenters. The molecule has 4 nitrogen and oxygen atoms in total. The average molecular weight is 364 g/mol. The van der Waals surface area contributed by atoms with Gasteiger partial charge < -0.3 is 9.73 Å². The number of hydrogen-bond acceptors (Lipinski definition) is 3. The number of hydrogen-bond donors (Lipinski definition) is 1. The van der Waals surface area contributed by atoms with Crippen molar-refractivity contribution in [2.75, 3.05) is 0 Å². The number of oxazole rings is 1. The maximum Gasteiger partial charge on any atom is 0.221 e. The molecule has 1 saturated carbocycles. The lowest BCUT2D eigenvalue weighted by atomic mass is 9.71. The summed E-state index contributed by atoms with van der Waals surface area (Å²) in [5, 5.41) is 3.20. The summed E-state index contributed by atoms with van der Waals surface area (Å²) in [6, 6.07) is 16.5. The van der Waals surface area contributed by atoms with E-state index in [0.717, 1.165) is 24.8 Å². The van der Waals surface area contributed by atoms with Gasteiger partial charge >= 0.3 is 0 Å². The van der Waals surface area contributed by atoms with Crippen molar-refractivity contribution >= 4 is 5.91 Å². The van der Waals surface area contributed by atoms with E-state index in [0.29, 0.717) is 23.6 Å². The number of rotatable bonds is 6. The van der Waals surface area contributed by atoms with E-state index in [9.17, 15) is 9.18 Å². The van der Waals surface area contributed by atoms with E-state index in [1.165, 1.54) is 12.3 Å². The number of carbonyl (C=O) groups excluding carboxylic acids is 1. The summed E-state index contributed by atoms with van der Waals surface area (Å²) in [6.07, 6.45) is 5.19. The van der Waals surface area contributed by atoms with Crippen LogP contribution >= 0.6 is 0 Å². The van der Waals surface area contributed by atoms with Gasteiger partial charge in [0.1, 0.15) is 5.82 Å². The van der Waals surface area contributed by atoms with E-state index in [1.54, 1.807) is 18.2 Å². The molecule has 0 spiro atoms. The highest BCUT2D eigenvalue weighted by atomic mass is 19.1. The summed E-state index contributed by atoms with van der Waals surface area (Å²) in [6.45, 7) is 0. The quantitative estimate of drug-likeness (QED) is 0.695. The molecule has 0 aliphatic heterocycles. The van der Waals surface area contributed by atoms with Crippen LogP contribution in [-0.2, 0) is 16.8 Å². The Balaban J connectivity index is 1.38. The molecule has 0 bridgehead atoms. The van der Waals surface area contributed by atoms with Gasteiger partial charge in [-0.05, 0) is 37.0 Å². The molecule has 2 aromatic carbocycles. The Bertz CT molecular complexity index is 932. The van der Waals surface area contributed by atoms with Crippen molar-refractivity contribution in [1.82, 2.24) is 10.3 Å². The van der Waals surface area contributed by atoms with Crippen molar-refractivity contribution in [3.8, 4) is 11.3 Å². The van der Waals surface area contributed by atoms with Crippen LogP contribution in [0.25, 0.3) is 11.3 Å². The van der Waals surface area contributed by atoms with Gasteiger partial charge in [-0.1, -0.05) is 42.5 Å². The minimum atomic E-state index is -0.354. The number of amides is 1. The maximum atomic E-state index is 13.8. The van der Waals surface area contributed by atoms with E-state index in [2.05, 4.69) is 22.4 Å². The zero-order valence-corrected chi connectivity index (χ0v) is 15.0. The van der Waals surface area contributed by atoms with Crippen LogP contribution in [0.4, 0.5) is 4.39 Å². The number of carbonyl (C=O) groups is 1. The molecule has 138 valence electrons. The smallest absolute Gasteiger partial charge is 0.221 e. The summed E-state index contributed by atoms with van der Waals surface area (Å²) in [7, 11) is 0. The molecule has 1 aliphatic rings. The third kappa shape index (κ3) is 3.63. The first-order chi connectivity index (χ1) is 13.2. The van der Waals surface area contributed by atoms with Crippen LogP contribution in [0.5, 0.6) is 0 Å². The lowest BCUT2D eigenvalue weighted by Gasteiger charge is -2.43. The Kier molecular flexibility index (Phi) is 4.75. The molecule has 0 saturated heterocycles. The summed E-state index contributed by atoms with van der Waals surface area (Å²) < 4.78 is 19.5. The summed E-state index contributed by atoms with van der Waals surface area (Å²) in [4.78, 5) is 16.7. The van der Waals surface area contributed by atoms with Crippen molar-refractivity contribution < 1.29 is 13.6 Å². The van der Waals surface area contributed by atoms with E-state index in [1.807, 2.05) is 18.2 Å². The molecule has 1 heterocycles. The van der Waals surface area contributed by atoms with Gasteiger partial charge in [0.05, 0.1) is 17.3 Å². The summed E-state index contributed by atoms with van der Waals surface area (Å²) >= 11 is 0. The maximum absolute atomic E-state index is 13.8. The number of nitrogens with zero attached hydrogens (tertiary/aromatic N) is 1. The highest BCUT2D eigenvalue weighted by Gasteiger charge is 2.39. The van der Waals surface area contributed by atoms with Crippen LogP contribution in [0, 0.1) is 5.82 Å². The van der Waals surface area contributed by atoms with E-state index < -0.39 is 0 Å². The first-order valence-electron chi connectivity index (χ1n) is 9.22. The normalized spacial score (nSPS) is 15.1. The van der Waals surface area contributed by atoms with Crippen molar-refractivity contribution in [1.29, 1.82) is 0 Å². The second kappa shape index (κ2) is 7.35. The Morgan fingerprint density at radius 1 is 1.11 bits per heavy atom. The van der Waals surface area contributed by atoms with E-state index >= 15 is 0 Å². The predicted octanol–water partition coefficient (Wildman–Crippen LogP) is 4.61. The van der Waals surface area contributed by atoms with Crippen LogP contribution in [0.1, 0.15) is 37.1 Å². The first-order valence-corrected chi connectivity index (χ1v) is 9.22. The van der Waals surface area contributed by atoms with Crippen molar-refractivity contribution in [3.63, 3.8) is 0 Å². The van der Waals surface area contributed by atoms with Crippen molar-refractivity contribution in [2.24, 2.45) is 0 Å². The largest absolute Gasteiger partial charge is 0.441 e. The Morgan fingerprint density at radius 2 is 1.85 bits per heavy atom. The predicted molar refractivity (Wildman–Crippen MR) is 100 cm³/mol. The van der Waals surface area contributed by atoms with Gasteiger partial charge in [-0.3, -0.25) is 4.79 Å². The molecule has 0 radical (unpaired) electrons. The zero-order valence-electron chi connectivity index (χ0n) is 15.0. The van der Waals surface area contributed by atoms with Gasteiger partial charge in [0, 0.05) is 12.8 Å². The molecule has 1 fully saturated rings. The monoisotopic (exact) mass is 364 g/mol. The number of aromatic nitrogens is 1. The van der Waals surface area contributed by atoms with Crippen LogP contribution in [0.2, 0.25) is 0 Å². The van der Waals surface area contributed by atoms with Gasteiger partial charge in [0.15, 0.2) is 11.7 Å². The fourth-order valence-electron chi connectivity index (χ4n) is 3.53. The Morgan fingerprint density at radius 3 is 2.56 bits per heavy atom. The lowest BCUT2D eigenvalue weighted by molar-refractivity contribution is -0.124. The Hall–Kier alpha value is -2.95. The number of nitrogens with one attached hydrogen (secondary N) is 1. The molecular formula is C22H21FN2O2. The number of halogens is 1. The standard InChI is InChI=1S/C22H21FN2O2/c23-18-10-5-4-9-17(18)19-15-24-21(27-19)12-11-20(26)25-22(13-6-14-22)16-7-2-1-3-8-16/h1-5,7-10,15H,6,11-14H2,(H,25,26). The van der Waals surface area contributed by atoms with Crippen LogP contribution in [0.3, 0.4) is 0 Å². The summed E-state index contributed by atoms with van der Waals surface area (Å²) in [5.41, 5.74) is 1.29. The third-order valence-electron chi connectivity index (χ3n) is 5.17. The fraction of sp³-hybridized carbons (Fsp3) is 0.273. The molecular weight excluding hydrogens is 343 g/mol. The number of benzene rings is 2. The highest BCUT2D eigenvalue weighted by molar-refractivity contribution is 5.77.